The van der Waals surface area contributed by atoms with Crippen LogP contribution in [0.1, 0.15) is 73.1 Å². The molecule has 0 heterocycles. The second-order valence-electron chi connectivity index (χ2n) is 7.25. The number of ether oxygens (including phenoxy) is 4. The van der Waals surface area contributed by atoms with Gasteiger partial charge in [0.25, 0.3) is 0 Å². The molecular weight excluding hydrogens is 520 g/mol. The number of carbonyl (C=O) groups excluding carboxylic acids is 4. The number of esters is 4. The Balaban J connectivity index is -0.000000134. The van der Waals surface area contributed by atoms with Crippen molar-refractivity contribution in [2.75, 3.05) is 19.8 Å². The Morgan fingerprint density at radius 2 is 1.18 bits per heavy atom. The van der Waals surface area contributed by atoms with Gasteiger partial charge in [0, 0.05) is 31.2 Å². The molecule has 10 heteroatoms. The molecule has 0 bridgehead atoms. The smallest absolute Gasteiger partial charge is 0.330 e. The maximum atomic E-state index is 10.8. The Bertz CT molecular complexity index is 726. The van der Waals surface area contributed by atoms with Crippen molar-refractivity contribution in [1.82, 2.24) is 0 Å². The molecule has 40 heavy (non-hydrogen) atoms. The van der Waals surface area contributed by atoms with Gasteiger partial charge in [-0.2, -0.15) is 0 Å². The zero-order chi connectivity index (χ0) is 32.2. The second-order valence-corrected chi connectivity index (χ2v) is 7.25. The highest BCUT2D eigenvalue weighted by Gasteiger charge is 2.07. The first-order chi connectivity index (χ1) is 18.9. The third kappa shape index (κ3) is 54.8. The third-order valence-corrected chi connectivity index (χ3v) is 3.96. The molecule has 0 radical (unpaired) electrons. The molecule has 0 rings (SSSR count). The van der Waals surface area contributed by atoms with E-state index in [0.29, 0.717) is 25.7 Å². The van der Waals surface area contributed by atoms with Crippen LogP contribution in [0.5, 0.6) is 0 Å². The van der Waals surface area contributed by atoms with Crippen molar-refractivity contribution in [1.29, 1.82) is 0 Å². The van der Waals surface area contributed by atoms with Crippen LogP contribution in [0.15, 0.2) is 63.5 Å². The van der Waals surface area contributed by atoms with Gasteiger partial charge in [-0.3, -0.25) is 4.79 Å². The summed E-state index contributed by atoms with van der Waals surface area (Å²) in [6.45, 7) is 26.8. The number of carboxylic acid groups (broad SMARTS) is 1. The van der Waals surface area contributed by atoms with E-state index in [9.17, 15) is 24.0 Å². The van der Waals surface area contributed by atoms with E-state index in [1.165, 1.54) is 31.9 Å². The largest absolute Gasteiger partial charge is 0.478 e. The van der Waals surface area contributed by atoms with Crippen molar-refractivity contribution in [2.45, 2.75) is 73.1 Å². The van der Waals surface area contributed by atoms with E-state index in [4.69, 9.17) is 9.84 Å². The van der Waals surface area contributed by atoms with E-state index in [0.717, 1.165) is 44.1 Å². The van der Waals surface area contributed by atoms with Crippen molar-refractivity contribution in [3.05, 3.63) is 63.5 Å². The topological polar surface area (TPSA) is 142 Å². The average Bonchev–Trinajstić information content (AvgIpc) is 2.94. The van der Waals surface area contributed by atoms with E-state index in [-0.39, 0.29) is 23.9 Å². The summed E-state index contributed by atoms with van der Waals surface area (Å²) >= 11 is 0. The molecule has 0 spiro atoms. The molecule has 0 aliphatic carbocycles. The van der Waals surface area contributed by atoms with Crippen LogP contribution in [-0.4, -0.2) is 54.8 Å². The van der Waals surface area contributed by atoms with Gasteiger partial charge in [0.05, 0.1) is 26.1 Å². The molecule has 0 aromatic carbocycles. The van der Waals surface area contributed by atoms with Crippen LogP contribution in [0.4, 0.5) is 0 Å². The minimum atomic E-state index is -0.981. The first kappa shape index (κ1) is 45.9. The van der Waals surface area contributed by atoms with E-state index in [1.54, 1.807) is 6.92 Å². The van der Waals surface area contributed by atoms with Crippen molar-refractivity contribution in [3.8, 4) is 0 Å². The van der Waals surface area contributed by atoms with E-state index in [2.05, 4.69) is 61.0 Å². The average molecular weight is 571 g/mol. The maximum Gasteiger partial charge on any atom is 0.330 e. The van der Waals surface area contributed by atoms with Crippen LogP contribution >= 0.6 is 0 Å². The molecule has 0 aromatic heterocycles. The molecule has 0 saturated carbocycles. The van der Waals surface area contributed by atoms with Gasteiger partial charge in [-0.25, -0.2) is 19.2 Å². The van der Waals surface area contributed by atoms with Gasteiger partial charge in [0.1, 0.15) is 0 Å². The Morgan fingerprint density at radius 1 is 0.725 bits per heavy atom. The Kier molecular flexibility index (Phi) is 45.4. The predicted octanol–water partition coefficient (Wildman–Crippen LogP) is 6.13. The number of aliphatic carboxylic acids is 1. The lowest BCUT2D eigenvalue weighted by atomic mass is 10.0. The highest BCUT2D eigenvalue weighted by molar-refractivity contribution is 5.81. The van der Waals surface area contributed by atoms with E-state index < -0.39 is 5.97 Å². The number of carbonyl (C=O) groups is 5. The second kappa shape index (κ2) is 39.6. The quantitative estimate of drug-likeness (QED) is 0.0802. The van der Waals surface area contributed by atoms with Crippen LogP contribution in [0.3, 0.4) is 0 Å². The Labute approximate surface area is 240 Å². The molecule has 0 amide bonds. The zero-order valence-corrected chi connectivity index (χ0v) is 25.0. The standard InChI is InChI=1S/C11H20O2.C7H12O2.C5H8O2.C4H6O2.C3H4O2/c1-4-7-8-10(5-2)9-13-11(12)6-3;1-3-5-6-9-7(8)4-2;1-3-5(6)7-4-2;1-3-6-4(2)5;1-2-3(4)5/h6,10H,3-5,7-9H2,1-2H3;4H,2-3,5-6H2,1H3;3H,1,4H2,2H3;3H,1H2,2H3;2H,1H2,(H,4,5). The van der Waals surface area contributed by atoms with Crippen LogP contribution in [-0.2, 0) is 42.9 Å². The lowest BCUT2D eigenvalue weighted by Gasteiger charge is -2.13. The summed E-state index contributed by atoms with van der Waals surface area (Å²) in [5.41, 5.74) is 0. The summed E-state index contributed by atoms with van der Waals surface area (Å²) in [4.78, 5) is 50.2. The van der Waals surface area contributed by atoms with Gasteiger partial charge >= 0.3 is 29.8 Å². The summed E-state index contributed by atoms with van der Waals surface area (Å²) in [5, 5.41) is 7.60. The maximum absolute atomic E-state index is 10.8. The fraction of sp³-hybridized carbons (Fsp3) is 0.500. The summed E-state index contributed by atoms with van der Waals surface area (Å²) < 4.78 is 18.3. The monoisotopic (exact) mass is 570 g/mol. The molecule has 0 saturated heterocycles. The van der Waals surface area contributed by atoms with Crippen LogP contribution in [0.2, 0.25) is 0 Å². The molecule has 0 aromatic rings. The molecule has 1 unspecified atom stereocenters. The van der Waals surface area contributed by atoms with E-state index in [1.807, 2.05) is 6.92 Å². The minimum absolute atomic E-state index is 0.310. The van der Waals surface area contributed by atoms with Crippen molar-refractivity contribution < 1.29 is 48.0 Å². The first-order valence-electron chi connectivity index (χ1n) is 12.9. The summed E-state index contributed by atoms with van der Waals surface area (Å²) in [6.07, 6.45) is 12.1. The Morgan fingerprint density at radius 3 is 1.45 bits per heavy atom. The lowest BCUT2D eigenvalue weighted by molar-refractivity contribution is -0.139. The molecule has 0 aliphatic rings. The normalized spacial score (nSPS) is 9.03. The fourth-order valence-electron chi connectivity index (χ4n) is 1.85. The molecule has 1 atom stereocenters. The summed E-state index contributed by atoms with van der Waals surface area (Å²) in [7, 11) is 0. The highest BCUT2D eigenvalue weighted by atomic mass is 16.5. The van der Waals surface area contributed by atoms with Crippen molar-refractivity contribution in [3.63, 3.8) is 0 Å². The minimum Gasteiger partial charge on any atom is -0.478 e. The van der Waals surface area contributed by atoms with Crippen molar-refractivity contribution >= 4 is 29.8 Å². The van der Waals surface area contributed by atoms with Gasteiger partial charge in [0.15, 0.2) is 0 Å². The number of hydrogen-bond acceptors (Lipinski definition) is 9. The number of carboxylic acids is 1. The molecule has 1 N–H and O–H groups in total. The molecule has 0 aliphatic heterocycles. The van der Waals surface area contributed by atoms with Crippen LogP contribution < -0.4 is 0 Å². The predicted molar refractivity (Wildman–Crippen MR) is 157 cm³/mol. The number of rotatable bonds is 15. The summed E-state index contributed by atoms with van der Waals surface area (Å²) in [6, 6.07) is 0. The molecule has 230 valence electrons. The van der Waals surface area contributed by atoms with Crippen LogP contribution in [0, 0.1) is 5.92 Å². The Hall–Kier alpha value is -3.95. The summed E-state index contributed by atoms with van der Waals surface area (Å²) in [5.74, 6) is -1.79. The third-order valence-electron chi connectivity index (χ3n) is 3.96. The van der Waals surface area contributed by atoms with Gasteiger partial charge in [-0.05, 0) is 25.7 Å². The first-order valence-corrected chi connectivity index (χ1v) is 12.9. The van der Waals surface area contributed by atoms with Gasteiger partial charge in [-0.1, -0.05) is 79.3 Å². The van der Waals surface area contributed by atoms with Gasteiger partial charge in [0.2, 0.25) is 0 Å². The number of unbranched alkanes of at least 4 members (excludes halogenated alkanes) is 2. The molecule has 0 fully saturated rings. The highest BCUT2D eigenvalue weighted by Crippen LogP contribution is 2.12. The number of hydrogen-bond donors (Lipinski definition) is 1. The van der Waals surface area contributed by atoms with Crippen LogP contribution in [0.25, 0.3) is 0 Å². The SMILES string of the molecule is C=CC(=O)O.C=CC(=O)OCC.C=CC(=O)OCC(CC)CCCC.C=CC(=O)OCCCC.C=COC(C)=O. The zero-order valence-electron chi connectivity index (χ0n) is 25.0. The van der Waals surface area contributed by atoms with E-state index >= 15 is 0 Å². The molecule has 10 nitrogen and oxygen atoms in total. The fourth-order valence-corrected chi connectivity index (χ4v) is 1.85. The van der Waals surface area contributed by atoms with Gasteiger partial charge in [-0.15, -0.1) is 0 Å². The lowest BCUT2D eigenvalue weighted by Crippen LogP contribution is -2.12. The van der Waals surface area contributed by atoms with Gasteiger partial charge < -0.3 is 24.1 Å². The van der Waals surface area contributed by atoms with Crippen molar-refractivity contribution in [2.24, 2.45) is 5.92 Å². The molecular formula is C30H50O10.